The number of hydrogen-bond donors (Lipinski definition) is 1. The number of benzene rings is 1. The molecule has 0 fully saturated rings. The first-order valence-electron chi connectivity index (χ1n) is 6.29. The average molecular weight is 273 g/mol. The Morgan fingerprint density at radius 3 is 2.50 bits per heavy atom. The monoisotopic (exact) mass is 273 g/mol. The van der Waals surface area contributed by atoms with Gasteiger partial charge in [-0.05, 0) is 49.9 Å². The maximum atomic E-state index is 8.78. The van der Waals surface area contributed by atoms with E-state index in [0.29, 0.717) is 0 Å². The van der Waals surface area contributed by atoms with Gasteiger partial charge in [0.05, 0.1) is 6.21 Å². The molecule has 0 atom stereocenters. The van der Waals surface area contributed by atoms with Crippen LogP contribution in [0.15, 0.2) is 23.6 Å². The van der Waals surface area contributed by atoms with Crippen LogP contribution in [0.5, 0.6) is 0 Å². The molecule has 1 heterocycles. The number of aromatic nitrogens is 2. The second kappa shape index (κ2) is 6.37. The molecular weight excluding hydrogens is 250 g/mol. The van der Waals surface area contributed by atoms with Gasteiger partial charge < -0.3 is 9.77 Å². The summed E-state index contributed by atoms with van der Waals surface area (Å²) < 4.78 is 2.12. The zero-order valence-electron chi connectivity index (χ0n) is 11.8. The summed E-state index contributed by atoms with van der Waals surface area (Å²) in [4.78, 5) is 4.25. The van der Waals surface area contributed by atoms with Crippen molar-refractivity contribution in [1.82, 2.24) is 9.55 Å². The van der Waals surface area contributed by atoms with Gasteiger partial charge in [0.25, 0.3) is 0 Å². The highest BCUT2D eigenvalue weighted by Crippen LogP contribution is 2.22. The normalized spacial score (nSPS) is 10.8. The Balaban J connectivity index is 0.00000200. The van der Waals surface area contributed by atoms with Crippen LogP contribution in [0.3, 0.4) is 0 Å². The zero-order chi connectivity index (χ0) is 14.0. The van der Waals surface area contributed by atoms with E-state index < -0.39 is 0 Å². The number of aryl methyl sites for hydroxylation is 3. The van der Waals surface area contributed by atoms with Crippen LogP contribution in [0.2, 0.25) is 0 Å². The predicted molar refractivity (Wildman–Crippen MR) is 82.8 cm³/mol. The third-order valence-corrected chi connectivity index (χ3v) is 3.63. The third-order valence-electron chi connectivity index (χ3n) is 3.63. The first kappa shape index (κ1) is 16.0. The maximum absolute atomic E-state index is 8.78. The van der Waals surface area contributed by atoms with Gasteiger partial charge in [-0.1, -0.05) is 18.6 Å². The fraction of sp³-hybridized carbons (Fsp3) is 0.375. The van der Waals surface area contributed by atoms with Crippen LogP contribution < -0.4 is 0 Å². The van der Waals surface area contributed by atoms with E-state index in [1.807, 2.05) is 26.2 Å². The van der Waals surface area contributed by atoms with Crippen molar-refractivity contribution in [3.8, 4) is 0 Å². The fourth-order valence-electron chi connectivity index (χ4n) is 2.48. The van der Waals surface area contributed by atoms with Gasteiger partial charge in [0, 0.05) is 24.5 Å². The van der Waals surface area contributed by atoms with Crippen molar-refractivity contribution >= 4 is 6.21 Å². The fourth-order valence-corrected chi connectivity index (χ4v) is 2.48. The molecule has 2 aromatic rings. The summed E-state index contributed by atoms with van der Waals surface area (Å²) in [5.41, 5.74) is 5.77. The third kappa shape index (κ3) is 2.90. The molecule has 2 rings (SSSR count). The highest BCUT2D eigenvalue weighted by molar-refractivity contribution is 5.84. The van der Waals surface area contributed by atoms with Gasteiger partial charge in [-0.15, -0.1) is 0 Å². The molecule has 0 saturated heterocycles. The molecule has 1 N–H and O–H groups in total. The molecule has 0 amide bonds. The van der Waals surface area contributed by atoms with E-state index in [1.165, 1.54) is 17.3 Å². The van der Waals surface area contributed by atoms with E-state index in [0.717, 1.165) is 29.1 Å². The second-order valence-corrected chi connectivity index (χ2v) is 4.87. The van der Waals surface area contributed by atoms with Crippen LogP contribution >= 0.6 is 0 Å². The summed E-state index contributed by atoms with van der Waals surface area (Å²) in [6.45, 7) is 8.99. The van der Waals surface area contributed by atoms with Gasteiger partial charge in [-0.3, -0.25) is 0 Å². The molecule has 0 saturated carbocycles. The summed E-state index contributed by atoms with van der Waals surface area (Å²) >= 11 is 0. The molecule has 0 unspecified atom stereocenters. The van der Waals surface area contributed by atoms with Crippen molar-refractivity contribution in [3.63, 3.8) is 0 Å². The van der Waals surface area contributed by atoms with Gasteiger partial charge in [-0.2, -0.15) is 0 Å². The lowest BCUT2D eigenvalue weighted by atomic mass is 9.94. The summed E-state index contributed by atoms with van der Waals surface area (Å²) in [6, 6.07) is 2.13. The Morgan fingerprint density at radius 2 is 1.95 bits per heavy atom. The molecule has 0 spiro atoms. The van der Waals surface area contributed by atoms with E-state index in [1.54, 1.807) is 0 Å². The van der Waals surface area contributed by atoms with Crippen molar-refractivity contribution in [1.29, 1.82) is 0 Å². The Kier molecular flexibility index (Phi) is 5.08. The lowest BCUT2D eigenvalue weighted by Gasteiger charge is -2.16. The number of rotatable bonds is 3. The van der Waals surface area contributed by atoms with Crippen LogP contribution in [0, 0.1) is 27.7 Å². The van der Waals surface area contributed by atoms with Gasteiger partial charge in [0.2, 0.25) is 0 Å². The number of imidazole rings is 1. The highest BCUT2D eigenvalue weighted by Gasteiger charge is 2.11. The van der Waals surface area contributed by atoms with Gasteiger partial charge >= 0.3 is 0 Å². The van der Waals surface area contributed by atoms with Gasteiger partial charge in [0.15, 0.2) is 0 Å². The molecule has 1 aromatic heterocycles. The smallest absolute Gasteiger partial charge is 0.105 e. The molecule has 4 nitrogen and oxygen atoms in total. The van der Waals surface area contributed by atoms with Crippen molar-refractivity contribution in [2.45, 2.75) is 41.7 Å². The van der Waals surface area contributed by atoms with Crippen LogP contribution in [-0.4, -0.2) is 21.0 Å². The molecule has 0 aliphatic carbocycles. The predicted octanol–water partition coefficient (Wildman–Crippen LogP) is 3.61. The summed E-state index contributed by atoms with van der Waals surface area (Å²) in [5.74, 6) is 0.997. The molecule has 108 valence electrons. The minimum absolute atomic E-state index is 0. The van der Waals surface area contributed by atoms with Crippen molar-refractivity contribution in [2.24, 2.45) is 5.16 Å². The Morgan fingerprint density at radius 1 is 1.25 bits per heavy atom. The topological polar surface area (TPSA) is 50.4 Å². The Bertz CT molecular complexity index is 627. The van der Waals surface area contributed by atoms with Crippen molar-refractivity contribution in [2.75, 3.05) is 0 Å². The summed E-state index contributed by atoms with van der Waals surface area (Å²) in [5, 5.41) is 12.0. The standard InChI is InChI=1S/C15H19N3O.CH4/c1-10-7-11(2)15(12(3)14(10)8-17-19)9-18-6-5-16-13(18)4;/h5-8,19H,9H2,1-4H3;1H4/b17-8+;. The molecule has 1 aromatic carbocycles. The van der Waals surface area contributed by atoms with E-state index in [-0.39, 0.29) is 7.43 Å². The average Bonchev–Trinajstić information content (AvgIpc) is 2.76. The minimum atomic E-state index is 0. The van der Waals surface area contributed by atoms with E-state index in [4.69, 9.17) is 5.21 Å². The van der Waals surface area contributed by atoms with Gasteiger partial charge in [-0.25, -0.2) is 4.98 Å². The molecule has 20 heavy (non-hydrogen) atoms. The number of hydrogen-bond acceptors (Lipinski definition) is 3. The van der Waals surface area contributed by atoms with Crippen LogP contribution in [0.1, 0.15) is 41.1 Å². The van der Waals surface area contributed by atoms with Crippen molar-refractivity contribution in [3.05, 3.63) is 52.1 Å². The molecule has 4 heteroatoms. The van der Waals surface area contributed by atoms with Crippen LogP contribution in [0.4, 0.5) is 0 Å². The number of oxime groups is 1. The maximum Gasteiger partial charge on any atom is 0.105 e. The van der Waals surface area contributed by atoms with Crippen LogP contribution in [0.25, 0.3) is 0 Å². The second-order valence-electron chi connectivity index (χ2n) is 4.87. The minimum Gasteiger partial charge on any atom is -0.411 e. The van der Waals surface area contributed by atoms with Gasteiger partial charge in [0.1, 0.15) is 5.82 Å². The quantitative estimate of drug-likeness (QED) is 0.527. The summed E-state index contributed by atoms with van der Waals surface area (Å²) in [7, 11) is 0. The Hall–Kier alpha value is -2.10. The Labute approximate surface area is 120 Å². The number of nitrogens with zero attached hydrogens (tertiary/aromatic N) is 3. The first-order valence-corrected chi connectivity index (χ1v) is 6.29. The van der Waals surface area contributed by atoms with E-state index in [9.17, 15) is 0 Å². The summed E-state index contributed by atoms with van der Waals surface area (Å²) in [6.07, 6.45) is 5.30. The lowest BCUT2D eigenvalue weighted by Crippen LogP contribution is -2.07. The largest absolute Gasteiger partial charge is 0.411 e. The van der Waals surface area contributed by atoms with Crippen LogP contribution in [-0.2, 0) is 6.54 Å². The lowest BCUT2D eigenvalue weighted by molar-refractivity contribution is 0.322. The van der Waals surface area contributed by atoms with Crippen molar-refractivity contribution < 1.29 is 5.21 Å². The molecule has 0 radical (unpaired) electrons. The molecule has 0 aliphatic rings. The van der Waals surface area contributed by atoms with E-state index >= 15 is 0 Å². The van der Waals surface area contributed by atoms with E-state index in [2.05, 4.69) is 34.6 Å². The molecule has 0 bridgehead atoms. The molecule has 0 aliphatic heterocycles. The SMILES string of the molecule is C.Cc1cc(C)c(Cn2ccnc2C)c(C)c1/C=N/O. The first-order chi connectivity index (χ1) is 9.04. The zero-order valence-corrected chi connectivity index (χ0v) is 11.8. The molecular formula is C16H23N3O. The highest BCUT2D eigenvalue weighted by atomic mass is 16.4.